The van der Waals surface area contributed by atoms with Gasteiger partial charge in [0.15, 0.2) is 5.50 Å². The van der Waals surface area contributed by atoms with Crippen molar-refractivity contribution in [1.82, 2.24) is 5.32 Å². The van der Waals surface area contributed by atoms with Crippen LogP contribution in [0.15, 0.2) is 50.2 Å². The molecule has 1 saturated heterocycles. The molecule has 3 rings (SSSR count). The summed E-state index contributed by atoms with van der Waals surface area (Å²) in [5.74, 6) is 0.645. The Morgan fingerprint density at radius 3 is 2.46 bits per heavy atom. The number of aryl methyl sites for hydroxylation is 1. The summed E-state index contributed by atoms with van der Waals surface area (Å²) in [5.41, 5.74) is 2.99. The summed E-state index contributed by atoms with van der Waals surface area (Å²) in [4.78, 5) is 12.9. The summed E-state index contributed by atoms with van der Waals surface area (Å²) in [7, 11) is 1.62. The van der Waals surface area contributed by atoms with Crippen LogP contribution in [0.5, 0.6) is 5.75 Å². The zero-order valence-corrected chi connectivity index (χ0v) is 18.3. The van der Waals surface area contributed by atoms with Gasteiger partial charge >= 0.3 is 0 Å². The molecule has 7 heteroatoms. The number of halogens is 2. The molecular weight excluding hydrogens is 480 g/mol. The van der Waals surface area contributed by atoms with Crippen molar-refractivity contribution in [2.45, 2.75) is 18.8 Å². The first-order valence-electron chi connectivity index (χ1n) is 8.08. The van der Waals surface area contributed by atoms with Crippen LogP contribution in [-0.4, -0.2) is 18.5 Å². The number of ether oxygens (including phenoxy) is 1. The van der Waals surface area contributed by atoms with Crippen molar-refractivity contribution in [3.8, 4) is 5.75 Å². The summed E-state index contributed by atoms with van der Waals surface area (Å²) in [6.45, 7) is 2.13. The van der Waals surface area contributed by atoms with Gasteiger partial charge in [-0.1, -0.05) is 30.8 Å². The van der Waals surface area contributed by atoms with E-state index in [1.807, 2.05) is 30.3 Å². The largest absolute Gasteiger partial charge is 0.494 e. The minimum Gasteiger partial charge on any atom is -0.494 e. The topological polar surface area (TPSA) is 50.4 Å². The average Bonchev–Trinajstić information content (AvgIpc) is 2.94. The van der Waals surface area contributed by atoms with E-state index < -0.39 is 0 Å². The van der Waals surface area contributed by atoms with Gasteiger partial charge in [0.05, 0.1) is 21.0 Å². The van der Waals surface area contributed by atoms with Crippen LogP contribution in [-0.2, 0) is 11.2 Å². The molecule has 2 aromatic rings. The van der Waals surface area contributed by atoms with E-state index in [9.17, 15) is 4.79 Å². The van der Waals surface area contributed by atoms with Gasteiger partial charge in [0.25, 0.3) is 5.91 Å². The molecule has 0 bridgehead atoms. The van der Waals surface area contributed by atoms with Gasteiger partial charge in [-0.15, -0.1) is 0 Å². The molecular formula is C19H18Br2N2O2S. The third-order valence-corrected chi connectivity index (χ3v) is 6.12. The average molecular weight is 498 g/mol. The number of amides is 1. The van der Waals surface area contributed by atoms with E-state index in [-0.39, 0.29) is 11.4 Å². The zero-order valence-electron chi connectivity index (χ0n) is 14.3. The number of anilines is 1. The Labute approximate surface area is 174 Å². The molecule has 2 aromatic carbocycles. The van der Waals surface area contributed by atoms with Gasteiger partial charge in [-0.05, 0) is 79.7 Å². The van der Waals surface area contributed by atoms with Crippen LogP contribution in [0.1, 0.15) is 18.1 Å². The molecule has 1 aliphatic heterocycles. The van der Waals surface area contributed by atoms with Gasteiger partial charge in [0.2, 0.25) is 0 Å². The Morgan fingerprint density at radius 1 is 1.23 bits per heavy atom. The smallest absolute Gasteiger partial charge is 0.260 e. The monoisotopic (exact) mass is 496 g/mol. The fourth-order valence-electron chi connectivity index (χ4n) is 2.56. The predicted octanol–water partition coefficient (Wildman–Crippen LogP) is 5.38. The number of carbonyl (C=O) groups excluding carboxylic acids is 1. The Hall–Kier alpha value is -1.44. The van der Waals surface area contributed by atoms with Crippen LogP contribution in [0.2, 0.25) is 0 Å². The van der Waals surface area contributed by atoms with Gasteiger partial charge < -0.3 is 15.4 Å². The van der Waals surface area contributed by atoms with Gasteiger partial charge in [0, 0.05) is 5.69 Å². The molecule has 0 spiro atoms. The number of hydrogen-bond acceptors (Lipinski definition) is 4. The van der Waals surface area contributed by atoms with E-state index in [4.69, 9.17) is 4.74 Å². The van der Waals surface area contributed by atoms with E-state index in [1.54, 1.807) is 7.11 Å². The molecule has 0 aliphatic carbocycles. The summed E-state index contributed by atoms with van der Waals surface area (Å²) in [6.07, 6.45) is 2.88. The highest BCUT2D eigenvalue weighted by atomic mass is 79.9. The third-order valence-electron chi connectivity index (χ3n) is 3.91. The van der Waals surface area contributed by atoms with Crippen molar-refractivity contribution in [2.75, 3.05) is 12.4 Å². The lowest BCUT2D eigenvalue weighted by molar-refractivity contribution is -0.116. The Balaban J connectivity index is 1.73. The quantitative estimate of drug-likeness (QED) is 0.544. The standard InChI is InChI=1S/C19H18Br2N2O2S/c1-3-11-4-6-13(7-5-11)22-19-23-18(24)16(26-19)10-12-8-14(20)17(25-2)15(21)9-12/h4-10,19,22H,3H2,1-2H3,(H,23,24)/b16-10-/t19-/m0/s1. The molecule has 1 aliphatic rings. The summed E-state index contributed by atoms with van der Waals surface area (Å²) < 4.78 is 6.97. The Kier molecular flexibility index (Phi) is 6.32. The lowest BCUT2D eigenvalue weighted by atomic mass is 10.1. The second-order valence-electron chi connectivity index (χ2n) is 5.69. The van der Waals surface area contributed by atoms with Crippen molar-refractivity contribution in [3.05, 3.63) is 61.4 Å². The third kappa shape index (κ3) is 4.45. The summed E-state index contributed by atoms with van der Waals surface area (Å²) in [5, 5.41) is 6.28. The van der Waals surface area contributed by atoms with Crippen molar-refractivity contribution >= 4 is 61.3 Å². The lowest BCUT2D eigenvalue weighted by Crippen LogP contribution is -2.30. The number of methoxy groups -OCH3 is 1. The van der Waals surface area contributed by atoms with Crippen molar-refractivity contribution in [1.29, 1.82) is 0 Å². The molecule has 0 unspecified atom stereocenters. The maximum atomic E-state index is 12.3. The van der Waals surface area contributed by atoms with Gasteiger partial charge in [-0.25, -0.2) is 0 Å². The normalized spacial score (nSPS) is 18.1. The molecule has 0 aromatic heterocycles. The maximum Gasteiger partial charge on any atom is 0.260 e. The molecule has 0 radical (unpaired) electrons. The van der Waals surface area contributed by atoms with Gasteiger partial charge in [-0.2, -0.15) is 0 Å². The summed E-state index contributed by atoms with van der Waals surface area (Å²) in [6, 6.07) is 12.1. The highest BCUT2D eigenvalue weighted by Crippen LogP contribution is 2.36. The lowest BCUT2D eigenvalue weighted by Gasteiger charge is -2.12. The molecule has 2 N–H and O–H groups in total. The molecule has 1 fully saturated rings. The first-order chi connectivity index (χ1) is 12.5. The number of nitrogens with one attached hydrogen (secondary N) is 2. The van der Waals surface area contributed by atoms with Crippen molar-refractivity contribution in [3.63, 3.8) is 0 Å². The van der Waals surface area contributed by atoms with Crippen LogP contribution in [0, 0.1) is 0 Å². The SMILES string of the molecule is CCc1ccc(N[C@H]2NC(=O)/C(=C/c3cc(Br)c(OC)c(Br)c3)S2)cc1. The Morgan fingerprint density at radius 2 is 1.88 bits per heavy atom. The number of thioether (sulfide) groups is 1. The molecule has 136 valence electrons. The maximum absolute atomic E-state index is 12.3. The van der Waals surface area contributed by atoms with E-state index in [0.29, 0.717) is 4.91 Å². The molecule has 4 nitrogen and oxygen atoms in total. The van der Waals surface area contributed by atoms with E-state index >= 15 is 0 Å². The van der Waals surface area contributed by atoms with E-state index in [0.717, 1.165) is 32.4 Å². The first kappa shape index (κ1) is 19.3. The number of carbonyl (C=O) groups is 1. The highest BCUT2D eigenvalue weighted by molar-refractivity contribution is 9.11. The molecule has 0 saturated carbocycles. The van der Waals surface area contributed by atoms with Crippen LogP contribution >= 0.6 is 43.6 Å². The van der Waals surface area contributed by atoms with Gasteiger partial charge in [0.1, 0.15) is 5.75 Å². The first-order valence-corrected chi connectivity index (χ1v) is 10.5. The van der Waals surface area contributed by atoms with Crippen LogP contribution in [0.3, 0.4) is 0 Å². The minimum atomic E-state index is -0.189. The van der Waals surface area contributed by atoms with E-state index in [2.05, 4.69) is 61.5 Å². The second kappa shape index (κ2) is 8.50. The second-order valence-corrected chi connectivity index (χ2v) is 8.55. The number of rotatable bonds is 5. The van der Waals surface area contributed by atoms with Crippen LogP contribution < -0.4 is 15.4 Å². The highest BCUT2D eigenvalue weighted by Gasteiger charge is 2.27. The van der Waals surface area contributed by atoms with E-state index in [1.165, 1.54) is 17.3 Å². The summed E-state index contributed by atoms with van der Waals surface area (Å²) >= 11 is 8.44. The zero-order chi connectivity index (χ0) is 18.7. The fourth-order valence-corrected chi connectivity index (χ4v) is 5.09. The fraction of sp³-hybridized carbons (Fsp3) is 0.211. The molecule has 1 atom stereocenters. The van der Waals surface area contributed by atoms with Gasteiger partial charge in [-0.3, -0.25) is 4.79 Å². The molecule has 1 heterocycles. The van der Waals surface area contributed by atoms with Crippen LogP contribution in [0.4, 0.5) is 5.69 Å². The molecule has 1 amide bonds. The Bertz CT molecular complexity index is 830. The van der Waals surface area contributed by atoms with Crippen molar-refractivity contribution < 1.29 is 9.53 Å². The van der Waals surface area contributed by atoms with Crippen LogP contribution in [0.25, 0.3) is 6.08 Å². The number of benzene rings is 2. The van der Waals surface area contributed by atoms with Crippen molar-refractivity contribution in [2.24, 2.45) is 0 Å². The minimum absolute atomic E-state index is 0.0826. The predicted molar refractivity (Wildman–Crippen MR) is 115 cm³/mol. The number of hydrogen-bond donors (Lipinski definition) is 2. The molecule has 26 heavy (non-hydrogen) atoms.